The van der Waals surface area contributed by atoms with Gasteiger partial charge < -0.3 is 10.2 Å². The fraction of sp³-hybridized carbons (Fsp3) is 0.350. The van der Waals surface area contributed by atoms with Crippen molar-refractivity contribution in [1.82, 2.24) is 4.90 Å². The number of fused-ring (bicyclic) bond motifs is 1. The molecule has 1 aliphatic carbocycles. The summed E-state index contributed by atoms with van der Waals surface area (Å²) in [5.41, 5.74) is 3.09. The van der Waals surface area contributed by atoms with Crippen molar-refractivity contribution in [2.75, 3.05) is 5.32 Å². The van der Waals surface area contributed by atoms with Crippen molar-refractivity contribution in [3.8, 4) is 0 Å². The number of halogens is 1. The van der Waals surface area contributed by atoms with E-state index < -0.39 is 0 Å². The Morgan fingerprint density at radius 3 is 2.50 bits per heavy atom. The maximum Gasteiger partial charge on any atom is 0.322 e. The molecule has 1 atom stereocenters. The van der Waals surface area contributed by atoms with Crippen LogP contribution < -0.4 is 5.32 Å². The number of hydrogen-bond acceptors (Lipinski definition) is 1. The van der Waals surface area contributed by atoms with E-state index in [4.69, 9.17) is 11.6 Å². The second-order valence-corrected chi connectivity index (χ2v) is 7.11. The van der Waals surface area contributed by atoms with Crippen molar-refractivity contribution in [3.63, 3.8) is 0 Å². The third-order valence-corrected chi connectivity index (χ3v) is 5.38. The highest BCUT2D eigenvalue weighted by Crippen LogP contribution is 2.42. The fourth-order valence-electron chi connectivity index (χ4n) is 4.03. The Balaban J connectivity index is 1.83. The van der Waals surface area contributed by atoms with Crippen LogP contribution in [0, 0.1) is 0 Å². The summed E-state index contributed by atoms with van der Waals surface area (Å²) in [7, 11) is 0. The van der Waals surface area contributed by atoms with Gasteiger partial charge in [0.25, 0.3) is 0 Å². The molecule has 1 fully saturated rings. The molecule has 0 radical (unpaired) electrons. The largest absolute Gasteiger partial charge is 0.322 e. The minimum atomic E-state index is -0.0725. The van der Waals surface area contributed by atoms with E-state index in [1.807, 2.05) is 41.3 Å². The van der Waals surface area contributed by atoms with Gasteiger partial charge in [0.15, 0.2) is 0 Å². The van der Waals surface area contributed by atoms with E-state index in [1.165, 1.54) is 19.3 Å². The first kappa shape index (κ1) is 15.5. The first-order chi connectivity index (χ1) is 11.7. The predicted molar refractivity (Wildman–Crippen MR) is 97.5 cm³/mol. The monoisotopic (exact) mass is 340 g/mol. The number of carbonyl (C=O) groups is 1. The number of nitrogens with one attached hydrogen (secondary N) is 1. The Morgan fingerprint density at radius 2 is 1.75 bits per heavy atom. The Kier molecular flexibility index (Phi) is 4.19. The van der Waals surface area contributed by atoms with Crippen LogP contribution in [0.1, 0.15) is 49.3 Å². The van der Waals surface area contributed by atoms with Gasteiger partial charge >= 0.3 is 6.03 Å². The van der Waals surface area contributed by atoms with E-state index in [1.54, 1.807) is 0 Å². The van der Waals surface area contributed by atoms with Crippen molar-refractivity contribution in [1.29, 1.82) is 0 Å². The number of anilines is 1. The third kappa shape index (κ3) is 2.78. The van der Waals surface area contributed by atoms with E-state index in [-0.39, 0.29) is 18.1 Å². The van der Waals surface area contributed by atoms with Crippen LogP contribution in [-0.2, 0) is 0 Å². The van der Waals surface area contributed by atoms with Crippen LogP contribution in [0.3, 0.4) is 0 Å². The standard InChI is InChI=1S/C20H21ClN2O/c21-15-11-12-18-17(13-15)19(14-7-3-1-4-8-14)23(20(24)22-18)16-9-5-2-6-10-16/h1,3-4,7-8,11-13,16,19H,2,5-6,9-10H2,(H,22,24). The van der Waals surface area contributed by atoms with Gasteiger partial charge in [-0.2, -0.15) is 0 Å². The number of amides is 2. The number of carbonyl (C=O) groups excluding carboxylic acids is 1. The SMILES string of the molecule is O=C1Nc2ccc(Cl)cc2C(c2ccccc2)N1C1CCCCC1. The molecule has 1 aliphatic heterocycles. The number of rotatable bonds is 2. The number of urea groups is 1. The molecule has 2 aromatic carbocycles. The molecule has 24 heavy (non-hydrogen) atoms. The minimum absolute atomic E-state index is 0.00516. The zero-order chi connectivity index (χ0) is 16.5. The minimum Gasteiger partial charge on any atom is -0.310 e. The van der Waals surface area contributed by atoms with E-state index in [2.05, 4.69) is 17.4 Å². The molecule has 1 saturated carbocycles. The van der Waals surface area contributed by atoms with Crippen molar-refractivity contribution < 1.29 is 4.79 Å². The summed E-state index contributed by atoms with van der Waals surface area (Å²) in [5, 5.41) is 3.77. The van der Waals surface area contributed by atoms with Gasteiger partial charge in [-0.25, -0.2) is 4.79 Å². The number of hydrogen-bond donors (Lipinski definition) is 1. The van der Waals surface area contributed by atoms with Gasteiger partial charge in [-0.15, -0.1) is 0 Å². The molecule has 4 rings (SSSR count). The summed E-state index contributed by atoms with van der Waals surface area (Å²) in [6.07, 6.45) is 5.81. The first-order valence-electron chi connectivity index (χ1n) is 8.68. The van der Waals surface area contributed by atoms with Crippen LogP contribution in [0.15, 0.2) is 48.5 Å². The van der Waals surface area contributed by atoms with Crippen molar-refractivity contribution >= 4 is 23.3 Å². The highest BCUT2D eigenvalue weighted by Gasteiger charge is 2.38. The van der Waals surface area contributed by atoms with Crippen molar-refractivity contribution in [3.05, 3.63) is 64.7 Å². The Hall–Kier alpha value is -2.00. The van der Waals surface area contributed by atoms with Gasteiger partial charge in [0.2, 0.25) is 0 Å². The van der Waals surface area contributed by atoms with Gasteiger partial charge in [-0.05, 0) is 36.6 Å². The first-order valence-corrected chi connectivity index (χ1v) is 9.05. The zero-order valence-electron chi connectivity index (χ0n) is 13.5. The maximum atomic E-state index is 12.9. The summed E-state index contributed by atoms with van der Waals surface area (Å²) in [4.78, 5) is 15.0. The second-order valence-electron chi connectivity index (χ2n) is 6.67. The predicted octanol–water partition coefficient (Wildman–Crippen LogP) is 5.61. The lowest BCUT2D eigenvalue weighted by Crippen LogP contribution is -2.49. The van der Waals surface area contributed by atoms with Gasteiger partial charge in [0.05, 0.1) is 6.04 Å². The summed E-state index contributed by atoms with van der Waals surface area (Å²) in [6.45, 7) is 0. The highest BCUT2D eigenvalue weighted by atomic mass is 35.5. The van der Waals surface area contributed by atoms with E-state index in [9.17, 15) is 4.79 Å². The van der Waals surface area contributed by atoms with Gasteiger partial charge in [-0.3, -0.25) is 0 Å². The summed E-state index contributed by atoms with van der Waals surface area (Å²) in [5.74, 6) is 0. The summed E-state index contributed by atoms with van der Waals surface area (Å²) >= 11 is 6.27. The van der Waals surface area contributed by atoms with Crippen LogP contribution in [0.4, 0.5) is 10.5 Å². The van der Waals surface area contributed by atoms with E-state index in [0.29, 0.717) is 5.02 Å². The molecular formula is C20H21ClN2O. The lowest BCUT2D eigenvalue weighted by atomic mass is 9.88. The summed E-state index contributed by atoms with van der Waals surface area (Å²) in [6, 6.07) is 16.2. The molecule has 0 saturated heterocycles. The topological polar surface area (TPSA) is 32.3 Å². The fourth-order valence-corrected chi connectivity index (χ4v) is 4.21. The molecule has 2 aliphatic rings. The van der Waals surface area contributed by atoms with Crippen LogP contribution in [0.2, 0.25) is 5.02 Å². The molecule has 124 valence electrons. The van der Waals surface area contributed by atoms with Crippen LogP contribution >= 0.6 is 11.6 Å². The molecule has 1 N–H and O–H groups in total. The van der Waals surface area contributed by atoms with Crippen LogP contribution in [-0.4, -0.2) is 17.0 Å². The van der Waals surface area contributed by atoms with Crippen molar-refractivity contribution in [2.24, 2.45) is 0 Å². The summed E-state index contributed by atoms with van der Waals surface area (Å²) < 4.78 is 0. The average molecular weight is 341 g/mol. The lowest BCUT2D eigenvalue weighted by Gasteiger charge is -2.44. The third-order valence-electron chi connectivity index (χ3n) is 5.15. The molecule has 1 heterocycles. The Bertz CT molecular complexity index is 741. The molecular weight excluding hydrogens is 320 g/mol. The molecule has 4 heteroatoms. The van der Waals surface area contributed by atoms with Crippen LogP contribution in [0.25, 0.3) is 0 Å². The van der Waals surface area contributed by atoms with Crippen LogP contribution in [0.5, 0.6) is 0 Å². The number of benzene rings is 2. The normalized spacial score (nSPS) is 21.3. The smallest absolute Gasteiger partial charge is 0.310 e. The number of nitrogens with zero attached hydrogens (tertiary/aromatic N) is 1. The van der Waals surface area contributed by atoms with Crippen molar-refractivity contribution in [2.45, 2.75) is 44.2 Å². The molecule has 0 spiro atoms. The molecule has 2 aromatic rings. The van der Waals surface area contributed by atoms with E-state index >= 15 is 0 Å². The quantitative estimate of drug-likeness (QED) is 0.757. The Labute approximate surface area is 147 Å². The molecule has 2 amide bonds. The van der Waals surface area contributed by atoms with Gasteiger partial charge in [0.1, 0.15) is 0 Å². The highest BCUT2D eigenvalue weighted by molar-refractivity contribution is 6.30. The zero-order valence-corrected chi connectivity index (χ0v) is 14.3. The molecule has 1 unspecified atom stereocenters. The maximum absolute atomic E-state index is 12.9. The Morgan fingerprint density at radius 1 is 1.00 bits per heavy atom. The molecule has 0 aromatic heterocycles. The average Bonchev–Trinajstić information content (AvgIpc) is 2.62. The van der Waals surface area contributed by atoms with E-state index in [0.717, 1.165) is 29.7 Å². The second kappa shape index (κ2) is 6.48. The molecule has 0 bridgehead atoms. The lowest BCUT2D eigenvalue weighted by molar-refractivity contribution is 0.143. The van der Waals surface area contributed by atoms with Gasteiger partial charge in [0, 0.05) is 22.3 Å². The molecule has 3 nitrogen and oxygen atoms in total. The van der Waals surface area contributed by atoms with Gasteiger partial charge in [-0.1, -0.05) is 61.2 Å².